The number of hydrogen-bond donors (Lipinski definition) is 3. The third-order valence-corrected chi connectivity index (χ3v) is 3.73. The molecule has 0 aliphatic carbocycles. The van der Waals surface area contributed by atoms with E-state index in [1.54, 1.807) is 20.8 Å². The van der Waals surface area contributed by atoms with Crippen LogP contribution >= 0.6 is 0 Å². The quantitative estimate of drug-likeness (QED) is 0.565. The summed E-state index contributed by atoms with van der Waals surface area (Å²) >= 11 is 0. The number of esters is 1. The number of benzene rings is 1. The third-order valence-electron chi connectivity index (χ3n) is 3.73. The Morgan fingerprint density at radius 2 is 1.81 bits per heavy atom. The molecule has 8 heteroatoms. The van der Waals surface area contributed by atoms with Crippen molar-refractivity contribution in [1.29, 1.82) is 0 Å². The monoisotopic (exact) mass is 367 g/mol. The molecule has 1 aromatic carbocycles. The summed E-state index contributed by atoms with van der Waals surface area (Å²) in [5.41, 5.74) is 6.27. The van der Waals surface area contributed by atoms with Gasteiger partial charge in [0.05, 0.1) is 31.7 Å². The zero-order chi connectivity index (χ0) is 19.7. The molecule has 2 atom stereocenters. The van der Waals surface area contributed by atoms with Crippen LogP contribution in [0.4, 0.5) is 4.39 Å². The van der Waals surface area contributed by atoms with E-state index in [9.17, 15) is 18.8 Å². The van der Waals surface area contributed by atoms with Crippen LogP contribution < -0.4 is 16.4 Å². The highest BCUT2D eigenvalue weighted by atomic mass is 19.1. The van der Waals surface area contributed by atoms with Crippen LogP contribution in [0.5, 0.6) is 0 Å². The summed E-state index contributed by atoms with van der Waals surface area (Å²) < 4.78 is 18.0. The average Bonchev–Trinajstić information content (AvgIpc) is 2.59. The minimum atomic E-state index is -0.713. The van der Waals surface area contributed by atoms with Crippen LogP contribution in [0.15, 0.2) is 24.3 Å². The Balaban J connectivity index is 2.72. The molecular formula is C18H26FN3O4. The summed E-state index contributed by atoms with van der Waals surface area (Å²) in [5, 5.41) is 5.10. The molecule has 0 saturated heterocycles. The predicted octanol–water partition coefficient (Wildman–Crippen LogP) is 1.04. The van der Waals surface area contributed by atoms with Crippen molar-refractivity contribution in [3.63, 3.8) is 0 Å². The van der Waals surface area contributed by atoms with E-state index in [4.69, 9.17) is 10.5 Å². The van der Waals surface area contributed by atoms with Crippen molar-refractivity contribution in [2.75, 3.05) is 13.2 Å². The van der Waals surface area contributed by atoms with Crippen LogP contribution in [0.25, 0.3) is 0 Å². The van der Waals surface area contributed by atoms with Gasteiger partial charge in [0.2, 0.25) is 11.8 Å². The number of ether oxygens (including phenoxy) is 1. The van der Waals surface area contributed by atoms with Gasteiger partial charge in [-0.15, -0.1) is 0 Å². The van der Waals surface area contributed by atoms with E-state index >= 15 is 0 Å². The molecule has 26 heavy (non-hydrogen) atoms. The third kappa shape index (κ3) is 7.18. The first-order chi connectivity index (χ1) is 12.2. The normalized spacial score (nSPS) is 13.0. The van der Waals surface area contributed by atoms with Crippen molar-refractivity contribution >= 4 is 17.8 Å². The van der Waals surface area contributed by atoms with Gasteiger partial charge in [0, 0.05) is 0 Å². The number of carbonyl (C=O) groups is 3. The van der Waals surface area contributed by atoms with Gasteiger partial charge in [0.25, 0.3) is 0 Å². The molecule has 0 aromatic heterocycles. The molecule has 1 unspecified atom stereocenters. The lowest BCUT2D eigenvalue weighted by Crippen LogP contribution is -2.47. The standard InChI is InChI=1S/C18H26FN3O4/c1-4-26-16(24)9-14(12-5-7-13(19)8-6-12)22-15(23)10-21-18(25)17(20)11(2)3/h5-8,11,14,17H,4,9-10,20H2,1-3H3,(H,21,25)(H,22,23)/t14?,17-/m0/s1. The maximum Gasteiger partial charge on any atom is 0.308 e. The summed E-state index contributed by atoms with van der Waals surface area (Å²) in [5.74, 6) is -1.90. The lowest BCUT2D eigenvalue weighted by Gasteiger charge is -2.20. The molecule has 144 valence electrons. The van der Waals surface area contributed by atoms with E-state index in [0.717, 1.165) is 0 Å². The summed E-state index contributed by atoms with van der Waals surface area (Å²) in [4.78, 5) is 35.7. The van der Waals surface area contributed by atoms with E-state index in [-0.39, 0.29) is 25.5 Å². The van der Waals surface area contributed by atoms with Gasteiger partial charge in [-0.2, -0.15) is 0 Å². The van der Waals surface area contributed by atoms with Crippen molar-refractivity contribution in [3.8, 4) is 0 Å². The van der Waals surface area contributed by atoms with E-state index in [0.29, 0.717) is 5.56 Å². The number of nitrogens with two attached hydrogens (primary N) is 1. The van der Waals surface area contributed by atoms with Gasteiger partial charge in [-0.1, -0.05) is 26.0 Å². The van der Waals surface area contributed by atoms with Crippen molar-refractivity contribution in [2.45, 2.75) is 39.3 Å². The minimum Gasteiger partial charge on any atom is -0.466 e. The van der Waals surface area contributed by atoms with Crippen molar-refractivity contribution in [2.24, 2.45) is 11.7 Å². The fourth-order valence-corrected chi connectivity index (χ4v) is 2.17. The number of rotatable bonds is 9. The number of hydrogen-bond acceptors (Lipinski definition) is 5. The van der Waals surface area contributed by atoms with E-state index in [2.05, 4.69) is 10.6 Å². The molecule has 0 fully saturated rings. The van der Waals surface area contributed by atoms with Crippen LogP contribution in [-0.2, 0) is 19.1 Å². The molecule has 0 aliphatic heterocycles. The molecule has 2 amide bonds. The van der Waals surface area contributed by atoms with Crippen molar-refractivity contribution in [1.82, 2.24) is 10.6 Å². The Morgan fingerprint density at radius 1 is 1.19 bits per heavy atom. The summed E-state index contributed by atoms with van der Waals surface area (Å²) in [6.45, 7) is 5.21. The summed E-state index contributed by atoms with van der Waals surface area (Å²) in [6.07, 6.45) is -0.106. The maximum atomic E-state index is 13.1. The highest BCUT2D eigenvalue weighted by molar-refractivity contribution is 5.87. The van der Waals surface area contributed by atoms with E-state index in [1.807, 2.05) is 0 Å². The molecule has 0 heterocycles. The first-order valence-electron chi connectivity index (χ1n) is 8.48. The van der Waals surface area contributed by atoms with Gasteiger partial charge in [0.1, 0.15) is 5.82 Å². The first-order valence-corrected chi connectivity index (χ1v) is 8.48. The van der Waals surface area contributed by atoms with Crippen LogP contribution in [0, 0.1) is 11.7 Å². The molecule has 0 radical (unpaired) electrons. The Bertz CT molecular complexity index is 619. The smallest absolute Gasteiger partial charge is 0.308 e. The molecule has 1 aromatic rings. The Hall–Kier alpha value is -2.48. The molecule has 0 aliphatic rings. The van der Waals surface area contributed by atoms with Gasteiger partial charge in [0.15, 0.2) is 0 Å². The van der Waals surface area contributed by atoms with Crippen molar-refractivity contribution < 1.29 is 23.5 Å². The Morgan fingerprint density at radius 3 is 2.35 bits per heavy atom. The molecule has 7 nitrogen and oxygen atoms in total. The van der Waals surface area contributed by atoms with E-state index in [1.165, 1.54) is 24.3 Å². The summed E-state index contributed by atoms with van der Waals surface area (Å²) in [6, 6.07) is 4.03. The minimum absolute atomic E-state index is 0.0613. The van der Waals surface area contributed by atoms with Crippen molar-refractivity contribution in [3.05, 3.63) is 35.6 Å². The Labute approximate surface area is 152 Å². The second kappa shape index (κ2) is 10.5. The zero-order valence-corrected chi connectivity index (χ0v) is 15.3. The van der Waals surface area contributed by atoms with Crippen LogP contribution in [0.3, 0.4) is 0 Å². The molecule has 4 N–H and O–H groups in total. The topological polar surface area (TPSA) is 111 Å². The SMILES string of the molecule is CCOC(=O)CC(NC(=O)CNC(=O)[C@@H](N)C(C)C)c1ccc(F)cc1. The largest absolute Gasteiger partial charge is 0.466 e. The highest BCUT2D eigenvalue weighted by Gasteiger charge is 2.21. The molecule has 0 spiro atoms. The lowest BCUT2D eigenvalue weighted by molar-refractivity contribution is -0.144. The van der Waals surface area contributed by atoms with E-state index < -0.39 is 35.7 Å². The Kier molecular flexibility index (Phi) is 8.71. The number of nitrogens with one attached hydrogen (secondary N) is 2. The molecular weight excluding hydrogens is 341 g/mol. The van der Waals surface area contributed by atoms with Gasteiger partial charge >= 0.3 is 5.97 Å². The second-order valence-corrected chi connectivity index (χ2v) is 6.17. The van der Waals surface area contributed by atoms with Crippen LogP contribution in [0.2, 0.25) is 0 Å². The van der Waals surface area contributed by atoms with Gasteiger partial charge in [-0.3, -0.25) is 14.4 Å². The van der Waals surface area contributed by atoms with Crippen LogP contribution in [0.1, 0.15) is 38.8 Å². The van der Waals surface area contributed by atoms with Gasteiger partial charge in [-0.05, 0) is 30.5 Å². The summed E-state index contributed by atoms with van der Waals surface area (Å²) in [7, 11) is 0. The average molecular weight is 367 g/mol. The number of amides is 2. The number of carbonyl (C=O) groups excluding carboxylic acids is 3. The molecule has 0 saturated carbocycles. The second-order valence-electron chi connectivity index (χ2n) is 6.17. The lowest BCUT2D eigenvalue weighted by atomic mass is 10.0. The van der Waals surface area contributed by atoms with Crippen LogP contribution in [-0.4, -0.2) is 37.0 Å². The fourth-order valence-electron chi connectivity index (χ4n) is 2.17. The fraction of sp³-hybridized carbons (Fsp3) is 0.500. The predicted molar refractivity (Wildman–Crippen MR) is 94.4 cm³/mol. The molecule has 1 rings (SSSR count). The number of halogens is 1. The zero-order valence-electron chi connectivity index (χ0n) is 15.3. The van der Waals surface area contributed by atoms with Gasteiger partial charge in [-0.25, -0.2) is 4.39 Å². The maximum absolute atomic E-state index is 13.1. The first kappa shape index (κ1) is 21.6. The molecule has 0 bridgehead atoms. The van der Waals surface area contributed by atoms with Gasteiger partial charge < -0.3 is 21.1 Å². The highest BCUT2D eigenvalue weighted by Crippen LogP contribution is 2.18.